The van der Waals surface area contributed by atoms with Gasteiger partial charge in [0.25, 0.3) is 0 Å². The van der Waals surface area contributed by atoms with Gasteiger partial charge in [-0.25, -0.2) is 0 Å². The monoisotopic (exact) mass is 478 g/mol. The molecule has 9 heteroatoms. The minimum Gasteiger partial charge on any atom is -0.493 e. The molecular formula is C26H30N4O5. The van der Waals surface area contributed by atoms with E-state index in [-0.39, 0.29) is 11.8 Å². The van der Waals surface area contributed by atoms with E-state index in [9.17, 15) is 4.79 Å². The number of amides is 1. The van der Waals surface area contributed by atoms with Gasteiger partial charge < -0.3 is 24.1 Å². The quantitative estimate of drug-likeness (QED) is 0.434. The molecule has 4 rings (SSSR count). The number of benzene rings is 2. The number of likely N-dealkylation sites (tertiary alicyclic amines) is 1. The average molecular weight is 479 g/mol. The topological polar surface area (TPSA) is 99.0 Å². The Labute approximate surface area is 204 Å². The highest BCUT2D eigenvalue weighted by molar-refractivity contribution is 5.92. The number of carbonyl (C=O) groups excluding carboxylic acids is 1. The Morgan fingerprint density at radius 3 is 2.89 bits per heavy atom. The van der Waals surface area contributed by atoms with Crippen molar-refractivity contribution in [1.29, 1.82) is 0 Å². The Kier molecular flexibility index (Phi) is 7.99. The molecule has 0 radical (unpaired) electrons. The third-order valence-electron chi connectivity index (χ3n) is 5.81. The maximum atomic E-state index is 12.9. The molecule has 1 N–H and O–H groups in total. The van der Waals surface area contributed by atoms with Crippen molar-refractivity contribution in [3.63, 3.8) is 0 Å². The molecule has 0 aliphatic carbocycles. The summed E-state index contributed by atoms with van der Waals surface area (Å²) in [6.07, 6.45) is 3.43. The zero-order valence-electron chi connectivity index (χ0n) is 20.0. The SMILES string of the molecule is C=CCOc1cccc(NC(=O)C2CCCN(Cc3nc(-c4ccc(OC)c(OC)c4)no3)C2)c1. The minimum atomic E-state index is -0.130. The van der Waals surface area contributed by atoms with Crippen LogP contribution in [0.2, 0.25) is 0 Å². The minimum absolute atomic E-state index is 0.00730. The van der Waals surface area contributed by atoms with E-state index in [4.69, 9.17) is 18.7 Å². The normalized spacial score (nSPS) is 15.9. The van der Waals surface area contributed by atoms with E-state index in [0.29, 0.717) is 54.3 Å². The number of carbonyl (C=O) groups is 1. The number of nitrogens with one attached hydrogen (secondary N) is 1. The van der Waals surface area contributed by atoms with Gasteiger partial charge in [-0.3, -0.25) is 9.69 Å². The fourth-order valence-corrected chi connectivity index (χ4v) is 4.08. The standard InChI is InChI=1S/C26H30N4O5/c1-4-13-34-21-9-5-8-20(15-21)27-26(31)19-7-6-12-30(16-19)17-24-28-25(29-35-24)18-10-11-22(32-2)23(14-18)33-3/h4-5,8-11,14-15,19H,1,6-7,12-13,16-17H2,2-3H3,(H,27,31). The molecule has 0 saturated carbocycles. The summed E-state index contributed by atoms with van der Waals surface area (Å²) in [6, 6.07) is 12.8. The molecule has 2 heterocycles. The summed E-state index contributed by atoms with van der Waals surface area (Å²) in [5, 5.41) is 7.13. The van der Waals surface area contributed by atoms with E-state index in [1.807, 2.05) is 36.4 Å². The molecule has 3 aromatic rings. The number of aromatic nitrogens is 2. The lowest BCUT2D eigenvalue weighted by Gasteiger charge is -2.30. The van der Waals surface area contributed by atoms with Gasteiger partial charge in [0.1, 0.15) is 12.4 Å². The van der Waals surface area contributed by atoms with Gasteiger partial charge >= 0.3 is 0 Å². The van der Waals surface area contributed by atoms with Crippen LogP contribution in [0.3, 0.4) is 0 Å². The second-order valence-corrected chi connectivity index (χ2v) is 8.27. The van der Waals surface area contributed by atoms with Gasteiger partial charge in [-0.2, -0.15) is 4.98 Å². The van der Waals surface area contributed by atoms with Crippen molar-refractivity contribution < 1.29 is 23.5 Å². The summed E-state index contributed by atoms with van der Waals surface area (Å²) < 4.78 is 21.7. The molecule has 1 aromatic heterocycles. The summed E-state index contributed by atoms with van der Waals surface area (Å²) in [7, 11) is 3.17. The number of hydrogen-bond acceptors (Lipinski definition) is 8. The second-order valence-electron chi connectivity index (χ2n) is 8.27. The highest BCUT2D eigenvalue weighted by Gasteiger charge is 2.27. The Balaban J connectivity index is 1.36. The molecule has 1 saturated heterocycles. The van der Waals surface area contributed by atoms with Crippen molar-refractivity contribution >= 4 is 11.6 Å². The number of ether oxygens (including phenoxy) is 3. The smallest absolute Gasteiger partial charge is 0.241 e. The van der Waals surface area contributed by atoms with Crippen molar-refractivity contribution in [2.75, 3.05) is 39.2 Å². The molecule has 1 atom stereocenters. The molecule has 1 fully saturated rings. The first kappa shape index (κ1) is 24.3. The molecule has 184 valence electrons. The van der Waals surface area contributed by atoms with Gasteiger partial charge in [-0.05, 0) is 49.7 Å². The number of anilines is 1. The molecule has 1 amide bonds. The fraction of sp³-hybridized carbons (Fsp3) is 0.346. The predicted molar refractivity (Wildman–Crippen MR) is 132 cm³/mol. The van der Waals surface area contributed by atoms with Gasteiger partial charge in [0.05, 0.1) is 26.7 Å². The second kappa shape index (κ2) is 11.5. The molecule has 1 aliphatic heterocycles. The summed E-state index contributed by atoms with van der Waals surface area (Å²) in [6.45, 7) is 6.03. The fourth-order valence-electron chi connectivity index (χ4n) is 4.08. The lowest BCUT2D eigenvalue weighted by molar-refractivity contribution is -0.121. The van der Waals surface area contributed by atoms with Crippen molar-refractivity contribution in [3.8, 4) is 28.6 Å². The predicted octanol–water partition coefficient (Wildman–Crippen LogP) is 4.17. The highest BCUT2D eigenvalue weighted by atomic mass is 16.5. The van der Waals surface area contributed by atoms with Crippen LogP contribution in [-0.2, 0) is 11.3 Å². The summed E-state index contributed by atoms with van der Waals surface area (Å²) >= 11 is 0. The van der Waals surface area contributed by atoms with Crippen LogP contribution in [0.4, 0.5) is 5.69 Å². The first-order chi connectivity index (χ1) is 17.1. The summed E-state index contributed by atoms with van der Waals surface area (Å²) in [5.74, 6) is 2.76. The van der Waals surface area contributed by atoms with Crippen molar-refractivity contribution in [1.82, 2.24) is 15.0 Å². The van der Waals surface area contributed by atoms with Crippen molar-refractivity contribution in [3.05, 3.63) is 61.0 Å². The van der Waals surface area contributed by atoms with Gasteiger partial charge in [-0.15, -0.1) is 0 Å². The van der Waals surface area contributed by atoms with Crippen LogP contribution in [0.5, 0.6) is 17.2 Å². The van der Waals surface area contributed by atoms with Crippen LogP contribution >= 0.6 is 0 Å². The first-order valence-corrected chi connectivity index (χ1v) is 11.5. The van der Waals surface area contributed by atoms with E-state index >= 15 is 0 Å². The molecule has 9 nitrogen and oxygen atoms in total. The van der Waals surface area contributed by atoms with Crippen LogP contribution in [0.15, 0.2) is 59.6 Å². The van der Waals surface area contributed by atoms with E-state index in [1.54, 1.807) is 26.4 Å². The van der Waals surface area contributed by atoms with Crippen LogP contribution in [-0.4, -0.2) is 54.9 Å². The molecule has 1 unspecified atom stereocenters. The average Bonchev–Trinajstić information content (AvgIpc) is 3.35. The van der Waals surface area contributed by atoms with E-state index in [2.05, 4.69) is 26.9 Å². The molecule has 2 aromatic carbocycles. The van der Waals surface area contributed by atoms with E-state index < -0.39 is 0 Å². The Bertz CT molecular complexity index is 1160. The lowest BCUT2D eigenvalue weighted by Crippen LogP contribution is -2.40. The molecule has 1 aliphatic rings. The van der Waals surface area contributed by atoms with E-state index in [0.717, 1.165) is 24.9 Å². The van der Waals surface area contributed by atoms with Crippen LogP contribution in [0.25, 0.3) is 11.4 Å². The lowest BCUT2D eigenvalue weighted by atomic mass is 9.97. The molecule has 35 heavy (non-hydrogen) atoms. The van der Waals surface area contributed by atoms with Crippen LogP contribution in [0.1, 0.15) is 18.7 Å². The molecular weight excluding hydrogens is 448 g/mol. The van der Waals surface area contributed by atoms with Crippen molar-refractivity contribution in [2.24, 2.45) is 5.92 Å². The number of piperidine rings is 1. The first-order valence-electron chi connectivity index (χ1n) is 11.5. The largest absolute Gasteiger partial charge is 0.493 e. The number of hydrogen-bond donors (Lipinski definition) is 1. The Morgan fingerprint density at radius 1 is 1.23 bits per heavy atom. The summed E-state index contributed by atoms with van der Waals surface area (Å²) in [4.78, 5) is 19.6. The van der Waals surface area contributed by atoms with Gasteiger partial charge in [-0.1, -0.05) is 23.9 Å². The Hall–Kier alpha value is -3.85. The number of nitrogens with zero attached hydrogens (tertiary/aromatic N) is 3. The van der Waals surface area contributed by atoms with Gasteiger partial charge in [0.2, 0.25) is 17.6 Å². The number of methoxy groups -OCH3 is 2. The maximum Gasteiger partial charge on any atom is 0.241 e. The Morgan fingerprint density at radius 2 is 2.09 bits per heavy atom. The highest BCUT2D eigenvalue weighted by Crippen LogP contribution is 2.31. The molecule has 0 bridgehead atoms. The van der Waals surface area contributed by atoms with Gasteiger partial charge in [0, 0.05) is 23.9 Å². The summed E-state index contributed by atoms with van der Waals surface area (Å²) in [5.41, 5.74) is 1.48. The molecule has 0 spiro atoms. The zero-order valence-corrected chi connectivity index (χ0v) is 20.0. The third-order valence-corrected chi connectivity index (χ3v) is 5.81. The van der Waals surface area contributed by atoms with Crippen LogP contribution in [0, 0.1) is 5.92 Å². The van der Waals surface area contributed by atoms with Crippen molar-refractivity contribution in [2.45, 2.75) is 19.4 Å². The van der Waals surface area contributed by atoms with Gasteiger partial charge in [0.15, 0.2) is 11.5 Å². The number of rotatable bonds is 10. The van der Waals surface area contributed by atoms with E-state index in [1.165, 1.54) is 0 Å². The zero-order chi connectivity index (χ0) is 24.6. The third kappa shape index (κ3) is 6.19. The van der Waals surface area contributed by atoms with Crippen LogP contribution < -0.4 is 19.5 Å². The maximum absolute atomic E-state index is 12.9.